The highest BCUT2D eigenvalue weighted by molar-refractivity contribution is 5.91. The molecule has 0 fully saturated rings. The van der Waals surface area contributed by atoms with Crippen molar-refractivity contribution in [3.63, 3.8) is 0 Å². The summed E-state index contributed by atoms with van der Waals surface area (Å²) in [7, 11) is 0. The predicted octanol–water partition coefficient (Wildman–Crippen LogP) is 4.47. The maximum absolute atomic E-state index is 12.1. The zero-order valence-corrected chi connectivity index (χ0v) is 15.4. The molecule has 0 bridgehead atoms. The molecule has 2 rings (SSSR count). The van der Waals surface area contributed by atoms with Gasteiger partial charge in [0.2, 0.25) is 0 Å². The molecular formula is C22H24O5. The van der Waals surface area contributed by atoms with E-state index >= 15 is 0 Å². The summed E-state index contributed by atoms with van der Waals surface area (Å²) in [6.45, 7) is 6.88. The maximum Gasteiger partial charge on any atom is 0.343 e. The van der Waals surface area contributed by atoms with Crippen LogP contribution in [0.4, 0.5) is 0 Å². The van der Waals surface area contributed by atoms with Gasteiger partial charge in [0.05, 0.1) is 18.3 Å². The summed E-state index contributed by atoms with van der Waals surface area (Å²) < 4.78 is 16.4. The van der Waals surface area contributed by atoms with E-state index in [1.54, 1.807) is 54.6 Å². The number of esters is 1. The molecule has 0 spiro atoms. The Balaban J connectivity index is 1.74. The van der Waals surface area contributed by atoms with Gasteiger partial charge in [0.1, 0.15) is 17.8 Å². The zero-order valence-electron chi connectivity index (χ0n) is 15.4. The Hall–Kier alpha value is -2.92. The lowest BCUT2D eigenvalue weighted by Gasteiger charge is -2.09. The summed E-state index contributed by atoms with van der Waals surface area (Å²) in [6, 6.07) is 13.1. The second-order valence-corrected chi connectivity index (χ2v) is 5.97. The summed E-state index contributed by atoms with van der Waals surface area (Å²) in [5, 5.41) is 0. The third kappa shape index (κ3) is 7.07. The SMILES string of the molecule is C=CC(C)OCCCCOc1ccc(C(=O)Oc2ccc(C=O)cc2)cc1. The number of unbranched alkanes of at least 4 members (excludes halogenated alkanes) is 1. The Morgan fingerprint density at radius 3 is 2.26 bits per heavy atom. The van der Waals surface area contributed by atoms with E-state index in [1.807, 2.05) is 6.92 Å². The quantitative estimate of drug-likeness (QED) is 0.193. The van der Waals surface area contributed by atoms with E-state index in [2.05, 4.69) is 6.58 Å². The van der Waals surface area contributed by atoms with Crippen LogP contribution in [-0.4, -0.2) is 31.6 Å². The molecule has 0 saturated heterocycles. The van der Waals surface area contributed by atoms with Crippen LogP contribution in [0.15, 0.2) is 61.2 Å². The zero-order chi connectivity index (χ0) is 19.5. The van der Waals surface area contributed by atoms with Gasteiger partial charge in [-0.05, 0) is 68.3 Å². The molecule has 5 nitrogen and oxygen atoms in total. The minimum atomic E-state index is -0.464. The maximum atomic E-state index is 12.1. The number of benzene rings is 2. The summed E-state index contributed by atoms with van der Waals surface area (Å²) in [4.78, 5) is 22.8. The molecule has 1 atom stereocenters. The molecule has 0 aliphatic heterocycles. The number of ether oxygens (including phenoxy) is 3. The predicted molar refractivity (Wildman–Crippen MR) is 104 cm³/mol. The van der Waals surface area contributed by atoms with E-state index in [1.165, 1.54) is 0 Å². The first-order valence-electron chi connectivity index (χ1n) is 8.87. The molecule has 1 unspecified atom stereocenters. The van der Waals surface area contributed by atoms with Crippen molar-refractivity contribution in [3.05, 3.63) is 72.3 Å². The van der Waals surface area contributed by atoms with Crippen molar-refractivity contribution >= 4 is 12.3 Å². The highest BCUT2D eigenvalue weighted by Crippen LogP contribution is 2.16. The lowest BCUT2D eigenvalue weighted by Crippen LogP contribution is -2.08. The number of hydrogen-bond donors (Lipinski definition) is 0. The van der Waals surface area contributed by atoms with E-state index in [9.17, 15) is 9.59 Å². The minimum absolute atomic E-state index is 0.0705. The molecule has 142 valence electrons. The van der Waals surface area contributed by atoms with Crippen molar-refractivity contribution in [2.75, 3.05) is 13.2 Å². The molecule has 0 heterocycles. The van der Waals surface area contributed by atoms with Crippen LogP contribution in [0.2, 0.25) is 0 Å². The van der Waals surface area contributed by atoms with Crippen molar-refractivity contribution in [3.8, 4) is 11.5 Å². The van der Waals surface area contributed by atoms with Crippen LogP contribution < -0.4 is 9.47 Å². The Morgan fingerprint density at radius 2 is 1.63 bits per heavy atom. The van der Waals surface area contributed by atoms with E-state index in [4.69, 9.17) is 14.2 Å². The Morgan fingerprint density at radius 1 is 1.00 bits per heavy atom. The van der Waals surface area contributed by atoms with Gasteiger partial charge in [-0.3, -0.25) is 4.79 Å². The molecule has 0 saturated carbocycles. The van der Waals surface area contributed by atoms with E-state index in [-0.39, 0.29) is 6.10 Å². The van der Waals surface area contributed by atoms with Crippen molar-refractivity contribution in [1.29, 1.82) is 0 Å². The molecule has 0 radical (unpaired) electrons. The van der Waals surface area contributed by atoms with Gasteiger partial charge >= 0.3 is 5.97 Å². The fourth-order valence-corrected chi connectivity index (χ4v) is 2.20. The first-order chi connectivity index (χ1) is 13.1. The van der Waals surface area contributed by atoms with Gasteiger partial charge in [-0.2, -0.15) is 0 Å². The fourth-order valence-electron chi connectivity index (χ4n) is 2.20. The van der Waals surface area contributed by atoms with E-state index in [0.29, 0.717) is 35.8 Å². The van der Waals surface area contributed by atoms with Gasteiger partial charge in [-0.1, -0.05) is 6.08 Å². The van der Waals surface area contributed by atoms with Crippen LogP contribution in [0.1, 0.15) is 40.5 Å². The number of aldehydes is 1. The summed E-state index contributed by atoms with van der Waals surface area (Å²) in [5.41, 5.74) is 0.951. The normalized spacial score (nSPS) is 11.4. The third-order valence-electron chi connectivity index (χ3n) is 3.84. The van der Waals surface area contributed by atoms with Gasteiger partial charge in [-0.15, -0.1) is 6.58 Å². The third-order valence-corrected chi connectivity index (χ3v) is 3.84. The first-order valence-corrected chi connectivity index (χ1v) is 8.87. The Labute approximate surface area is 159 Å². The minimum Gasteiger partial charge on any atom is -0.494 e. The molecule has 2 aromatic rings. The summed E-state index contributed by atoms with van der Waals surface area (Å²) in [6.07, 6.45) is 4.36. The number of hydrogen-bond acceptors (Lipinski definition) is 5. The summed E-state index contributed by atoms with van der Waals surface area (Å²) >= 11 is 0. The average Bonchev–Trinajstić information content (AvgIpc) is 2.71. The van der Waals surface area contributed by atoms with Crippen molar-refractivity contribution in [2.24, 2.45) is 0 Å². The topological polar surface area (TPSA) is 61.8 Å². The second-order valence-electron chi connectivity index (χ2n) is 5.97. The molecule has 0 N–H and O–H groups in total. The summed E-state index contributed by atoms with van der Waals surface area (Å²) in [5.74, 6) is 0.620. The van der Waals surface area contributed by atoms with Crippen molar-refractivity contribution < 1.29 is 23.8 Å². The highest BCUT2D eigenvalue weighted by atomic mass is 16.5. The average molecular weight is 368 g/mol. The van der Waals surface area contributed by atoms with Crippen LogP contribution in [-0.2, 0) is 4.74 Å². The van der Waals surface area contributed by atoms with E-state index < -0.39 is 5.97 Å². The van der Waals surface area contributed by atoms with Gasteiger partial charge in [-0.25, -0.2) is 4.79 Å². The number of rotatable bonds is 11. The first kappa shape index (κ1) is 20.4. The molecular weight excluding hydrogens is 344 g/mol. The van der Waals surface area contributed by atoms with Gasteiger partial charge in [0.15, 0.2) is 0 Å². The van der Waals surface area contributed by atoms with Crippen molar-refractivity contribution in [1.82, 2.24) is 0 Å². The second kappa shape index (κ2) is 10.9. The molecule has 5 heteroatoms. The van der Waals surface area contributed by atoms with Crippen molar-refractivity contribution in [2.45, 2.75) is 25.9 Å². The lowest BCUT2D eigenvalue weighted by atomic mass is 10.2. The molecule has 0 aliphatic rings. The van der Waals surface area contributed by atoms with Gasteiger partial charge in [0.25, 0.3) is 0 Å². The smallest absolute Gasteiger partial charge is 0.343 e. The van der Waals surface area contributed by atoms with Crippen LogP contribution in [0.5, 0.6) is 11.5 Å². The molecule has 2 aromatic carbocycles. The Bertz CT molecular complexity index is 734. The molecule has 0 aliphatic carbocycles. The van der Waals surface area contributed by atoms with Gasteiger partial charge in [0, 0.05) is 12.2 Å². The highest BCUT2D eigenvalue weighted by Gasteiger charge is 2.09. The van der Waals surface area contributed by atoms with Crippen LogP contribution in [0, 0.1) is 0 Å². The van der Waals surface area contributed by atoms with Crippen LogP contribution >= 0.6 is 0 Å². The standard InChI is InChI=1S/C22H24O5/c1-3-17(2)25-14-4-5-15-26-20-12-8-19(9-13-20)22(24)27-21-10-6-18(16-23)7-11-21/h3,6-13,16-17H,1,4-5,14-15H2,2H3. The molecule has 0 amide bonds. The van der Waals surface area contributed by atoms with Crippen LogP contribution in [0.25, 0.3) is 0 Å². The molecule has 0 aromatic heterocycles. The monoisotopic (exact) mass is 368 g/mol. The lowest BCUT2D eigenvalue weighted by molar-refractivity contribution is 0.0734. The number of carbonyl (C=O) groups is 2. The largest absolute Gasteiger partial charge is 0.494 e. The van der Waals surface area contributed by atoms with Gasteiger partial charge < -0.3 is 14.2 Å². The molecule has 27 heavy (non-hydrogen) atoms. The number of carbonyl (C=O) groups excluding carboxylic acids is 2. The van der Waals surface area contributed by atoms with Crippen LogP contribution in [0.3, 0.4) is 0 Å². The Kier molecular flexibility index (Phi) is 8.26. The van der Waals surface area contributed by atoms with E-state index in [0.717, 1.165) is 19.1 Å². The fraction of sp³-hybridized carbons (Fsp3) is 0.273.